The number of amides is 4. The molecule has 0 bridgehead atoms. The molecule has 10 nitrogen and oxygen atoms in total. The molecule has 0 radical (unpaired) electrons. The number of hydrogen-bond acceptors (Lipinski definition) is 9. The molecule has 0 heterocycles. The highest BCUT2D eigenvalue weighted by atomic mass is 32.2. The van der Waals surface area contributed by atoms with Crippen molar-refractivity contribution < 1.29 is 24.0 Å². The van der Waals surface area contributed by atoms with Gasteiger partial charge < -0.3 is 29.3 Å². The fraction of sp³-hybridized carbons (Fsp3) is 0.792. The van der Waals surface area contributed by atoms with Gasteiger partial charge in [-0.1, -0.05) is 23.5 Å². The van der Waals surface area contributed by atoms with Gasteiger partial charge in [0, 0.05) is 70.2 Å². The van der Waals surface area contributed by atoms with Crippen molar-refractivity contribution in [3.63, 3.8) is 0 Å². The van der Waals surface area contributed by atoms with Crippen LogP contribution in [0.4, 0.5) is 9.59 Å². The lowest BCUT2D eigenvalue weighted by molar-refractivity contribution is -0.127. The average molecular weight is 592 g/mol. The number of thioether (sulfide) groups is 3. The largest absolute Gasteiger partial charge is 0.349 e. The first-order chi connectivity index (χ1) is 16.5. The van der Waals surface area contributed by atoms with Gasteiger partial charge in [0.05, 0.1) is 0 Å². The second-order valence-electron chi connectivity index (χ2n) is 8.21. The van der Waals surface area contributed by atoms with Gasteiger partial charge in [0.2, 0.25) is 11.8 Å². The van der Waals surface area contributed by atoms with Crippen molar-refractivity contribution >= 4 is 63.4 Å². The molecular formula is C24H57N5O5S3. The van der Waals surface area contributed by atoms with E-state index in [2.05, 4.69) is 0 Å². The highest BCUT2D eigenvalue weighted by Crippen LogP contribution is 1.97. The summed E-state index contributed by atoms with van der Waals surface area (Å²) in [7, 11) is 19.8. The highest BCUT2D eigenvalue weighted by Gasteiger charge is 1.97. The van der Waals surface area contributed by atoms with Crippen LogP contribution in [-0.2, 0) is 14.4 Å². The molecule has 0 aromatic rings. The number of Topliss-reactive ketones (excluding diaryl/α,β-unsaturated/α-hetero) is 1. The fourth-order valence-corrected chi connectivity index (χ4v) is 1.10. The third-order valence-electron chi connectivity index (χ3n) is 2.34. The third kappa shape index (κ3) is 106. The molecule has 0 rings (SSSR count). The maximum atomic E-state index is 10.4. The number of carbonyl (C=O) groups excluding carboxylic acids is 5. The maximum Gasteiger partial charge on any atom is 0.280 e. The molecule has 0 spiro atoms. The molecule has 0 unspecified atom stereocenters. The predicted octanol–water partition coefficient (Wildman–Crippen LogP) is 4.00. The van der Waals surface area contributed by atoms with Gasteiger partial charge in [0.15, 0.2) is 0 Å². The van der Waals surface area contributed by atoms with Gasteiger partial charge in [-0.15, -0.1) is 0 Å². The van der Waals surface area contributed by atoms with Gasteiger partial charge in [-0.2, -0.15) is 11.8 Å². The summed E-state index contributed by atoms with van der Waals surface area (Å²) in [5, 5.41) is 0.194. The average Bonchev–Trinajstić information content (AvgIpc) is 2.73. The molecule has 0 aliphatic heterocycles. The number of nitrogens with zero attached hydrogens (tertiary/aromatic N) is 5. The van der Waals surface area contributed by atoms with Gasteiger partial charge in [-0.3, -0.25) is 19.2 Å². The van der Waals surface area contributed by atoms with Crippen molar-refractivity contribution in [3.8, 4) is 0 Å². The van der Waals surface area contributed by atoms with E-state index in [4.69, 9.17) is 0 Å². The fourth-order valence-electron chi connectivity index (χ4n) is 0.365. The highest BCUT2D eigenvalue weighted by molar-refractivity contribution is 8.13. The van der Waals surface area contributed by atoms with E-state index in [1.54, 1.807) is 90.5 Å². The molecule has 0 saturated heterocycles. The Morgan fingerprint density at radius 2 is 0.541 bits per heavy atom. The van der Waals surface area contributed by atoms with Crippen molar-refractivity contribution in [3.05, 3.63) is 0 Å². The van der Waals surface area contributed by atoms with Crippen molar-refractivity contribution in [1.29, 1.82) is 0 Å². The van der Waals surface area contributed by atoms with Crippen LogP contribution in [0.3, 0.4) is 0 Å². The van der Waals surface area contributed by atoms with Gasteiger partial charge in [0.25, 0.3) is 10.5 Å². The van der Waals surface area contributed by atoms with Crippen LogP contribution in [0.5, 0.6) is 0 Å². The Bertz CT molecular complexity index is 516. The van der Waals surface area contributed by atoms with Crippen molar-refractivity contribution in [2.24, 2.45) is 0 Å². The molecule has 13 heteroatoms. The van der Waals surface area contributed by atoms with Crippen LogP contribution in [0.1, 0.15) is 27.7 Å². The van der Waals surface area contributed by atoms with E-state index in [-0.39, 0.29) is 28.1 Å². The normalized spacial score (nSPS) is 7.89. The Balaban J connectivity index is -0.0000000578. The van der Waals surface area contributed by atoms with Crippen molar-refractivity contribution in [2.45, 2.75) is 27.7 Å². The first-order valence-electron chi connectivity index (χ1n) is 10.9. The Morgan fingerprint density at radius 1 is 0.432 bits per heavy atom. The Morgan fingerprint density at radius 3 is 0.541 bits per heavy atom. The molecule has 226 valence electrons. The maximum absolute atomic E-state index is 10.4. The summed E-state index contributed by atoms with van der Waals surface area (Å²) in [5.41, 5.74) is 0. The molecule has 0 aliphatic carbocycles. The molecule has 0 N–H and O–H groups in total. The van der Waals surface area contributed by atoms with Crippen LogP contribution >= 0.6 is 35.3 Å². The zero-order valence-electron chi connectivity index (χ0n) is 27.0. The van der Waals surface area contributed by atoms with E-state index in [0.29, 0.717) is 0 Å². The molecule has 37 heavy (non-hydrogen) atoms. The minimum atomic E-state index is 0.0926. The van der Waals surface area contributed by atoms with Gasteiger partial charge >= 0.3 is 0 Å². The summed E-state index contributed by atoms with van der Waals surface area (Å²) in [6.45, 7) is 6.11. The summed E-state index contributed by atoms with van der Waals surface area (Å²) >= 11 is 4.19. The smallest absolute Gasteiger partial charge is 0.280 e. The van der Waals surface area contributed by atoms with Gasteiger partial charge in [-0.05, 0) is 60.0 Å². The SMILES string of the molecule is CC(=O)N(C)C.CC(=O)N(C)C.CC(C)=O.CN(C)C.CSC.CSC(=O)N(C)C.CSC(=O)N(C)C. The second kappa shape index (κ2) is 39.1. The topological polar surface area (TPSA) is 102 Å². The minimum absolute atomic E-state index is 0.0926. The van der Waals surface area contributed by atoms with Gasteiger partial charge in [-0.25, -0.2) is 0 Å². The number of ketones is 1. The Hall–Kier alpha value is -1.44. The lowest BCUT2D eigenvalue weighted by atomic mass is 10.6. The molecule has 0 atom stereocenters. The second-order valence-corrected chi connectivity index (χ2v) is 10.5. The van der Waals surface area contributed by atoms with E-state index in [1.165, 1.54) is 61.0 Å². The summed E-state index contributed by atoms with van der Waals surface area (Å²) in [4.78, 5) is 58.5. The molecule has 0 saturated carbocycles. The summed E-state index contributed by atoms with van der Waals surface area (Å²) in [6.07, 6.45) is 7.62. The Labute approximate surface area is 241 Å². The molecule has 0 aromatic carbocycles. The predicted molar refractivity (Wildman–Crippen MR) is 169 cm³/mol. The van der Waals surface area contributed by atoms with Crippen LogP contribution in [0.25, 0.3) is 0 Å². The van der Waals surface area contributed by atoms with Crippen LogP contribution in [0, 0.1) is 0 Å². The number of hydrogen-bond donors (Lipinski definition) is 0. The van der Waals surface area contributed by atoms with E-state index in [0.717, 1.165) is 0 Å². The van der Waals surface area contributed by atoms with Gasteiger partial charge in [0.1, 0.15) is 5.78 Å². The van der Waals surface area contributed by atoms with Crippen LogP contribution in [-0.4, -0.2) is 155 Å². The zero-order valence-corrected chi connectivity index (χ0v) is 29.5. The molecule has 0 aliphatic rings. The van der Waals surface area contributed by atoms with E-state index in [9.17, 15) is 24.0 Å². The van der Waals surface area contributed by atoms with E-state index in [1.807, 2.05) is 38.6 Å². The molecule has 0 aromatic heterocycles. The summed E-state index contributed by atoms with van der Waals surface area (Å²) < 4.78 is 0. The van der Waals surface area contributed by atoms with E-state index >= 15 is 0 Å². The lowest BCUT2D eigenvalue weighted by Gasteiger charge is -2.04. The summed E-state index contributed by atoms with van der Waals surface area (Å²) in [6, 6.07) is 0. The quantitative estimate of drug-likeness (QED) is 0.414. The number of carbonyl (C=O) groups is 5. The molecule has 0 fully saturated rings. The molecular weight excluding hydrogens is 534 g/mol. The van der Waals surface area contributed by atoms with Crippen LogP contribution in [0.2, 0.25) is 0 Å². The monoisotopic (exact) mass is 591 g/mol. The zero-order chi connectivity index (χ0) is 31.9. The third-order valence-corrected chi connectivity index (χ3v) is 3.77. The van der Waals surface area contributed by atoms with Crippen molar-refractivity contribution in [1.82, 2.24) is 24.5 Å². The minimum Gasteiger partial charge on any atom is -0.349 e. The standard InChI is InChI=1S/2C4H9NOS.2C4H9NO.C3H9N.C3H6O.C2H6S/c2*1-5(2)4(6)7-3;2*1-4(6)5(2)3;1-4(2)3;1-3(2)4;1-3-2/h2*1-3H3;2*1-3H3;1-3H3;1-2H3;1-2H3. The van der Waals surface area contributed by atoms with Crippen molar-refractivity contribution in [2.75, 3.05) is 103 Å². The van der Waals surface area contributed by atoms with Crippen LogP contribution < -0.4 is 0 Å². The Kier molecular flexibility index (Phi) is 55.0. The van der Waals surface area contributed by atoms with E-state index < -0.39 is 0 Å². The lowest BCUT2D eigenvalue weighted by Crippen LogP contribution is -2.17. The van der Waals surface area contributed by atoms with Crippen LogP contribution in [0.15, 0.2) is 0 Å². The summed E-state index contributed by atoms with van der Waals surface area (Å²) in [5.74, 6) is 0.352. The first kappa shape index (κ1) is 52.1. The number of rotatable bonds is 0. The molecule has 4 amide bonds. The first-order valence-corrected chi connectivity index (χ1v) is 15.0.